The molecule has 2 rings (SSSR count). The van der Waals surface area contributed by atoms with Gasteiger partial charge in [0.1, 0.15) is 11.6 Å². The van der Waals surface area contributed by atoms with Crippen molar-refractivity contribution in [3.8, 4) is 5.75 Å². The van der Waals surface area contributed by atoms with Crippen LogP contribution in [0.25, 0.3) is 0 Å². The molecule has 1 amide bonds. The van der Waals surface area contributed by atoms with Crippen LogP contribution in [-0.2, 0) is 4.79 Å². The highest BCUT2D eigenvalue weighted by molar-refractivity contribution is 5.81. The first-order valence-electron chi connectivity index (χ1n) is 7.67. The predicted octanol–water partition coefficient (Wildman–Crippen LogP) is 4.09. The highest BCUT2D eigenvalue weighted by atomic mass is 19.1. The topological polar surface area (TPSA) is 38.3 Å². The third-order valence-corrected chi connectivity index (χ3v) is 3.96. The third-order valence-electron chi connectivity index (χ3n) is 3.96. The van der Waals surface area contributed by atoms with Gasteiger partial charge in [-0.05, 0) is 62.6 Å². The summed E-state index contributed by atoms with van der Waals surface area (Å²) in [6.45, 7) is 7.55. The van der Waals surface area contributed by atoms with Crippen molar-refractivity contribution in [1.82, 2.24) is 5.32 Å². The van der Waals surface area contributed by atoms with Gasteiger partial charge in [0.05, 0.1) is 6.04 Å². The first-order valence-corrected chi connectivity index (χ1v) is 7.67. The first-order chi connectivity index (χ1) is 10.9. The fourth-order valence-electron chi connectivity index (χ4n) is 2.26. The zero-order valence-electron chi connectivity index (χ0n) is 13.9. The lowest BCUT2D eigenvalue weighted by Gasteiger charge is -2.20. The second-order valence-corrected chi connectivity index (χ2v) is 5.74. The van der Waals surface area contributed by atoms with Crippen LogP contribution in [0.15, 0.2) is 42.5 Å². The van der Waals surface area contributed by atoms with E-state index in [2.05, 4.69) is 5.32 Å². The van der Waals surface area contributed by atoms with Crippen LogP contribution in [0.2, 0.25) is 0 Å². The number of hydrogen-bond acceptors (Lipinski definition) is 2. The number of aryl methyl sites for hydroxylation is 1. The van der Waals surface area contributed by atoms with Crippen LogP contribution < -0.4 is 10.1 Å². The minimum absolute atomic E-state index is 0.206. The largest absolute Gasteiger partial charge is 0.481 e. The number of halogens is 1. The molecule has 2 atom stereocenters. The van der Waals surface area contributed by atoms with Crippen molar-refractivity contribution in [2.24, 2.45) is 0 Å². The molecule has 3 nitrogen and oxygen atoms in total. The molecular formula is C19H22FNO2. The highest BCUT2D eigenvalue weighted by Crippen LogP contribution is 2.22. The lowest BCUT2D eigenvalue weighted by atomic mass is 10.1. The van der Waals surface area contributed by atoms with Crippen LogP contribution in [0.1, 0.15) is 36.6 Å². The summed E-state index contributed by atoms with van der Waals surface area (Å²) in [6.07, 6.45) is -0.613. The smallest absolute Gasteiger partial charge is 0.261 e. The van der Waals surface area contributed by atoms with E-state index in [-0.39, 0.29) is 17.8 Å². The first kappa shape index (κ1) is 17.0. The van der Waals surface area contributed by atoms with E-state index >= 15 is 0 Å². The molecule has 122 valence electrons. The predicted molar refractivity (Wildman–Crippen MR) is 89.0 cm³/mol. The molecule has 0 radical (unpaired) electrons. The number of carbonyl (C=O) groups is 1. The van der Waals surface area contributed by atoms with Gasteiger partial charge in [-0.1, -0.05) is 24.3 Å². The van der Waals surface area contributed by atoms with E-state index in [0.717, 1.165) is 16.7 Å². The second-order valence-electron chi connectivity index (χ2n) is 5.74. The number of amides is 1. The van der Waals surface area contributed by atoms with Gasteiger partial charge in [0.15, 0.2) is 6.10 Å². The maximum absolute atomic E-state index is 12.9. The molecule has 0 aromatic heterocycles. The van der Waals surface area contributed by atoms with E-state index in [9.17, 15) is 9.18 Å². The Kier molecular flexibility index (Phi) is 5.37. The van der Waals surface area contributed by atoms with Crippen molar-refractivity contribution in [1.29, 1.82) is 0 Å². The molecule has 0 bridgehead atoms. The summed E-state index contributed by atoms with van der Waals surface area (Å²) in [7, 11) is 0. The second kappa shape index (κ2) is 7.27. The van der Waals surface area contributed by atoms with Gasteiger partial charge >= 0.3 is 0 Å². The number of carbonyl (C=O) groups excluding carboxylic acids is 1. The molecule has 0 heterocycles. The Bertz CT molecular complexity index is 682. The molecule has 0 unspecified atom stereocenters. The van der Waals surface area contributed by atoms with Gasteiger partial charge in [0.2, 0.25) is 0 Å². The van der Waals surface area contributed by atoms with Crippen molar-refractivity contribution in [3.05, 3.63) is 65.0 Å². The Hall–Kier alpha value is -2.36. The van der Waals surface area contributed by atoms with Gasteiger partial charge in [-0.25, -0.2) is 4.39 Å². The summed E-state index contributed by atoms with van der Waals surface area (Å²) < 4.78 is 18.7. The molecule has 1 N–H and O–H groups in total. The average Bonchev–Trinajstić information content (AvgIpc) is 2.52. The van der Waals surface area contributed by atoms with Gasteiger partial charge in [-0.2, -0.15) is 0 Å². The quantitative estimate of drug-likeness (QED) is 0.902. The SMILES string of the molecule is Cc1cccc(O[C@@H](C)C(=O)N[C@@H](C)c2ccc(F)cc2)c1C. The van der Waals surface area contributed by atoms with Crippen LogP contribution >= 0.6 is 0 Å². The Morgan fingerprint density at radius 3 is 2.39 bits per heavy atom. The number of rotatable bonds is 5. The monoisotopic (exact) mass is 315 g/mol. The van der Waals surface area contributed by atoms with Crippen molar-refractivity contribution >= 4 is 5.91 Å². The van der Waals surface area contributed by atoms with Crippen LogP contribution in [0.5, 0.6) is 5.75 Å². The van der Waals surface area contributed by atoms with Crippen LogP contribution in [-0.4, -0.2) is 12.0 Å². The highest BCUT2D eigenvalue weighted by Gasteiger charge is 2.18. The fraction of sp³-hybridized carbons (Fsp3) is 0.316. The van der Waals surface area contributed by atoms with E-state index in [4.69, 9.17) is 4.74 Å². The Labute approximate surface area is 136 Å². The summed E-state index contributed by atoms with van der Waals surface area (Å²) in [5, 5.41) is 2.88. The molecule has 0 fully saturated rings. The van der Waals surface area contributed by atoms with Crippen molar-refractivity contribution < 1.29 is 13.9 Å². The van der Waals surface area contributed by atoms with Crippen molar-refractivity contribution in [2.75, 3.05) is 0 Å². The van der Waals surface area contributed by atoms with Gasteiger partial charge in [-0.3, -0.25) is 4.79 Å². The minimum atomic E-state index is -0.613. The van der Waals surface area contributed by atoms with E-state index in [0.29, 0.717) is 5.75 Å². The molecule has 0 spiro atoms. The zero-order valence-corrected chi connectivity index (χ0v) is 13.9. The lowest BCUT2D eigenvalue weighted by Crippen LogP contribution is -2.37. The van der Waals surface area contributed by atoms with E-state index < -0.39 is 6.10 Å². The molecule has 2 aromatic carbocycles. The van der Waals surface area contributed by atoms with Gasteiger partial charge < -0.3 is 10.1 Å². The average molecular weight is 315 g/mol. The van der Waals surface area contributed by atoms with E-state index in [1.165, 1.54) is 12.1 Å². The Morgan fingerprint density at radius 2 is 1.74 bits per heavy atom. The van der Waals surface area contributed by atoms with Crippen LogP contribution in [0.3, 0.4) is 0 Å². The summed E-state index contributed by atoms with van der Waals surface area (Å²) in [5.74, 6) is 0.212. The standard InChI is InChI=1S/C19H22FNO2/c1-12-6-5-7-18(13(12)2)23-15(4)19(22)21-14(3)16-8-10-17(20)11-9-16/h5-11,14-15H,1-4H3,(H,21,22)/t14-,15-/m0/s1. The molecule has 0 aliphatic carbocycles. The lowest BCUT2D eigenvalue weighted by molar-refractivity contribution is -0.127. The maximum Gasteiger partial charge on any atom is 0.261 e. The minimum Gasteiger partial charge on any atom is -0.481 e. The molecule has 4 heteroatoms. The van der Waals surface area contributed by atoms with E-state index in [1.807, 2.05) is 39.0 Å². The van der Waals surface area contributed by atoms with Crippen LogP contribution in [0, 0.1) is 19.7 Å². The number of hydrogen-bond donors (Lipinski definition) is 1. The molecule has 0 aliphatic heterocycles. The van der Waals surface area contributed by atoms with E-state index in [1.54, 1.807) is 19.1 Å². The maximum atomic E-state index is 12.9. The summed E-state index contributed by atoms with van der Waals surface area (Å²) in [4.78, 5) is 12.3. The summed E-state index contributed by atoms with van der Waals surface area (Å²) >= 11 is 0. The molecule has 23 heavy (non-hydrogen) atoms. The molecule has 0 saturated carbocycles. The molecule has 0 aliphatic rings. The molecule has 0 saturated heterocycles. The Balaban J connectivity index is 1.99. The van der Waals surface area contributed by atoms with Gasteiger partial charge in [0.25, 0.3) is 5.91 Å². The van der Waals surface area contributed by atoms with Crippen LogP contribution in [0.4, 0.5) is 4.39 Å². The zero-order chi connectivity index (χ0) is 17.0. The summed E-state index contributed by atoms with van der Waals surface area (Å²) in [5.41, 5.74) is 2.99. The van der Waals surface area contributed by atoms with Crippen molar-refractivity contribution in [2.45, 2.75) is 39.8 Å². The fourth-order valence-corrected chi connectivity index (χ4v) is 2.26. The number of ether oxygens (including phenoxy) is 1. The molecular weight excluding hydrogens is 293 g/mol. The van der Waals surface area contributed by atoms with Gasteiger partial charge in [-0.15, -0.1) is 0 Å². The number of nitrogens with one attached hydrogen (secondary N) is 1. The van der Waals surface area contributed by atoms with Gasteiger partial charge in [0, 0.05) is 0 Å². The summed E-state index contributed by atoms with van der Waals surface area (Å²) in [6, 6.07) is 11.6. The number of benzene rings is 2. The molecule has 2 aromatic rings. The normalized spacial score (nSPS) is 13.3. The Morgan fingerprint density at radius 1 is 1.09 bits per heavy atom. The third kappa shape index (κ3) is 4.31. The van der Waals surface area contributed by atoms with Crippen molar-refractivity contribution in [3.63, 3.8) is 0 Å².